The maximum Gasteiger partial charge on any atom is 0.367 e. The second kappa shape index (κ2) is 6.56. The van der Waals surface area contributed by atoms with Gasteiger partial charge in [0.2, 0.25) is 0 Å². The Morgan fingerprint density at radius 2 is 2.42 bits per heavy atom. The van der Waals surface area contributed by atoms with Gasteiger partial charge in [0.05, 0.1) is 25.4 Å². The molecule has 1 heterocycles. The largest absolute Gasteiger partial charge is 0.493 e. The third-order valence-corrected chi connectivity index (χ3v) is 3.19. The molecule has 0 aromatic heterocycles. The molecule has 0 radical (unpaired) electrons. The molecule has 0 unspecified atom stereocenters. The van der Waals surface area contributed by atoms with Gasteiger partial charge in [0.1, 0.15) is 5.75 Å². The maximum atomic E-state index is 5.62. The average molecular weight is 326 g/mol. The Labute approximate surface area is 121 Å². The molecule has 0 saturated carbocycles. The summed E-state index contributed by atoms with van der Waals surface area (Å²) in [7, 11) is 0. The van der Waals surface area contributed by atoms with Gasteiger partial charge in [-0.25, -0.2) is 0 Å². The van der Waals surface area contributed by atoms with Gasteiger partial charge < -0.3 is 4.74 Å². The van der Waals surface area contributed by atoms with E-state index in [1.54, 1.807) is 0 Å². The van der Waals surface area contributed by atoms with Gasteiger partial charge >= 0.3 is 5.96 Å². The lowest BCUT2D eigenvalue weighted by Crippen LogP contribution is -2.73. The number of hydrogen-bond acceptors (Lipinski definition) is 4. The lowest BCUT2D eigenvalue weighted by molar-refractivity contribution is -0.446. The van der Waals surface area contributed by atoms with Crippen molar-refractivity contribution < 1.29 is 9.73 Å². The van der Waals surface area contributed by atoms with Crippen LogP contribution < -0.4 is 20.5 Å². The van der Waals surface area contributed by atoms with Crippen LogP contribution in [0.1, 0.15) is 19.4 Å². The van der Waals surface area contributed by atoms with Gasteiger partial charge in [0.25, 0.3) is 0 Å². The first-order valence-corrected chi connectivity index (χ1v) is 7.07. The van der Waals surface area contributed by atoms with Crippen LogP contribution in [0.3, 0.4) is 0 Å². The molecule has 0 spiro atoms. The molecule has 0 atom stereocenters. The molecule has 0 bridgehead atoms. The van der Waals surface area contributed by atoms with E-state index in [1.165, 1.54) is 0 Å². The van der Waals surface area contributed by atoms with Crippen molar-refractivity contribution in [2.45, 2.75) is 13.8 Å². The van der Waals surface area contributed by atoms with E-state index in [1.807, 2.05) is 32.0 Å². The Kier molecular flexibility index (Phi) is 4.79. The van der Waals surface area contributed by atoms with Gasteiger partial charge in [-0.3, -0.25) is 10.3 Å². The highest BCUT2D eigenvalue weighted by Gasteiger charge is 2.12. The standard InChI is InChI=1S/C13H17BrN4O/c1-3-19-12-5-4-10(14)8-11(12)9(2)17-18-13-15-6-7-16-13/h4-5,8H,3,6-7H2,1-2H3,(H2,15,16,18)/p+1/b17-9+. The van der Waals surface area contributed by atoms with Crippen LogP contribution in [0.15, 0.2) is 27.8 Å². The summed E-state index contributed by atoms with van der Waals surface area (Å²) in [6.45, 7) is 6.39. The number of halogens is 1. The van der Waals surface area contributed by atoms with Crippen molar-refractivity contribution in [3.05, 3.63) is 28.2 Å². The topological polar surface area (TPSA) is 59.6 Å². The average Bonchev–Trinajstić information content (AvgIpc) is 2.91. The van der Waals surface area contributed by atoms with Crippen LogP contribution in [0, 0.1) is 0 Å². The highest BCUT2D eigenvalue weighted by atomic mass is 79.9. The van der Waals surface area contributed by atoms with Gasteiger partial charge in [-0.1, -0.05) is 15.9 Å². The van der Waals surface area contributed by atoms with E-state index < -0.39 is 0 Å². The number of rotatable bonds is 4. The molecule has 0 saturated heterocycles. The van der Waals surface area contributed by atoms with Crippen molar-refractivity contribution >= 4 is 27.6 Å². The lowest BCUT2D eigenvalue weighted by Gasteiger charge is -2.09. The highest BCUT2D eigenvalue weighted by molar-refractivity contribution is 9.10. The van der Waals surface area contributed by atoms with Crippen molar-refractivity contribution in [2.24, 2.45) is 5.10 Å². The molecule has 19 heavy (non-hydrogen) atoms. The Balaban J connectivity index is 2.18. The number of nitrogens with zero attached hydrogens (tertiary/aromatic N) is 1. The van der Waals surface area contributed by atoms with Gasteiger partial charge in [-0.15, -0.1) is 5.10 Å². The number of hydrogen-bond donors (Lipinski definition) is 3. The van der Waals surface area contributed by atoms with E-state index in [0.29, 0.717) is 6.61 Å². The number of nitrogens with one attached hydrogen (secondary N) is 3. The summed E-state index contributed by atoms with van der Waals surface area (Å²) in [5.41, 5.74) is 4.82. The van der Waals surface area contributed by atoms with E-state index in [0.717, 1.165) is 40.5 Å². The minimum atomic E-state index is 0.635. The summed E-state index contributed by atoms with van der Waals surface area (Å²) in [5, 5.41) is 7.53. The third-order valence-electron chi connectivity index (χ3n) is 2.70. The third kappa shape index (κ3) is 3.70. The Morgan fingerprint density at radius 3 is 3.11 bits per heavy atom. The first-order valence-electron chi connectivity index (χ1n) is 6.28. The summed E-state index contributed by atoms with van der Waals surface area (Å²) in [5.74, 6) is 1.68. The van der Waals surface area contributed by atoms with Crippen LogP contribution in [-0.4, -0.2) is 31.4 Å². The van der Waals surface area contributed by atoms with Crippen molar-refractivity contribution in [3.63, 3.8) is 0 Å². The summed E-state index contributed by atoms with van der Waals surface area (Å²) in [4.78, 5) is 3.16. The van der Waals surface area contributed by atoms with Crippen LogP contribution >= 0.6 is 15.9 Å². The molecule has 1 aliphatic heterocycles. The molecule has 0 amide bonds. The second-order valence-corrected chi connectivity index (χ2v) is 5.03. The van der Waals surface area contributed by atoms with E-state index in [-0.39, 0.29) is 0 Å². The molecular weight excluding hydrogens is 308 g/mol. The summed E-state index contributed by atoms with van der Waals surface area (Å²) in [6.07, 6.45) is 0. The van der Waals surface area contributed by atoms with E-state index in [2.05, 4.69) is 36.8 Å². The monoisotopic (exact) mass is 325 g/mol. The van der Waals surface area contributed by atoms with Gasteiger partial charge in [0.15, 0.2) is 0 Å². The van der Waals surface area contributed by atoms with E-state index in [4.69, 9.17) is 4.74 Å². The van der Waals surface area contributed by atoms with E-state index in [9.17, 15) is 0 Å². The molecule has 102 valence electrons. The van der Waals surface area contributed by atoms with Crippen LogP contribution in [0.4, 0.5) is 0 Å². The van der Waals surface area contributed by atoms with Crippen molar-refractivity contribution in [3.8, 4) is 5.75 Å². The first-order chi connectivity index (χ1) is 9.20. The lowest BCUT2D eigenvalue weighted by atomic mass is 10.1. The van der Waals surface area contributed by atoms with Crippen LogP contribution in [-0.2, 0) is 0 Å². The fourth-order valence-electron chi connectivity index (χ4n) is 1.78. The Hall–Kier alpha value is -1.56. The van der Waals surface area contributed by atoms with Crippen molar-refractivity contribution in [1.29, 1.82) is 0 Å². The summed E-state index contributed by atoms with van der Waals surface area (Å²) >= 11 is 3.47. The Bertz CT molecular complexity index is 513. The predicted molar refractivity (Wildman–Crippen MR) is 79.5 cm³/mol. The second-order valence-electron chi connectivity index (χ2n) is 4.11. The molecule has 2 rings (SSSR count). The molecule has 3 N–H and O–H groups in total. The molecule has 1 aromatic carbocycles. The predicted octanol–water partition coefficient (Wildman–Crippen LogP) is 0.201. The molecule has 0 fully saturated rings. The molecule has 1 aromatic rings. The first kappa shape index (κ1) is 13.9. The van der Waals surface area contributed by atoms with Crippen LogP contribution in [0.2, 0.25) is 0 Å². The van der Waals surface area contributed by atoms with Gasteiger partial charge in [0, 0.05) is 10.0 Å². The molecule has 1 aliphatic rings. The number of benzene rings is 1. The summed E-state index contributed by atoms with van der Waals surface area (Å²) < 4.78 is 6.62. The van der Waals surface area contributed by atoms with Crippen LogP contribution in [0.5, 0.6) is 5.75 Å². The summed E-state index contributed by atoms with van der Waals surface area (Å²) in [6, 6.07) is 5.91. The number of hydrazone groups is 1. The smallest absolute Gasteiger partial charge is 0.367 e. The molecule has 6 heteroatoms. The number of guanidine groups is 1. The normalized spacial score (nSPS) is 14.9. The van der Waals surface area contributed by atoms with Crippen LogP contribution in [0.25, 0.3) is 0 Å². The van der Waals surface area contributed by atoms with Gasteiger partial charge in [-0.05, 0) is 32.0 Å². The fraction of sp³-hybridized carbons (Fsp3) is 0.385. The molecule has 0 aliphatic carbocycles. The highest BCUT2D eigenvalue weighted by Crippen LogP contribution is 2.23. The Morgan fingerprint density at radius 1 is 1.58 bits per heavy atom. The number of ether oxygens (including phenoxy) is 1. The molecular formula is C13H18BrN4O+. The maximum absolute atomic E-state index is 5.62. The zero-order valence-corrected chi connectivity index (χ0v) is 12.7. The zero-order chi connectivity index (χ0) is 13.7. The van der Waals surface area contributed by atoms with Crippen molar-refractivity contribution in [2.75, 3.05) is 19.7 Å². The fourth-order valence-corrected chi connectivity index (χ4v) is 2.14. The minimum absolute atomic E-state index is 0.635. The quantitative estimate of drug-likeness (QED) is 0.547. The molecule has 5 nitrogen and oxygen atoms in total. The SMILES string of the molecule is CCOc1ccc(Br)cc1/C(C)=N/NC1=[NH+]CCN1. The minimum Gasteiger partial charge on any atom is -0.493 e. The zero-order valence-electron chi connectivity index (χ0n) is 11.1. The van der Waals surface area contributed by atoms with Crippen molar-refractivity contribution in [1.82, 2.24) is 10.7 Å². The van der Waals surface area contributed by atoms with E-state index >= 15 is 0 Å². The van der Waals surface area contributed by atoms with Gasteiger partial charge in [-0.2, -0.15) is 5.43 Å².